The first-order valence-corrected chi connectivity index (χ1v) is 4.99. The Kier molecular flexibility index (Phi) is 6.90. The largest absolute Gasteiger partial charge is 0.393 e. The fourth-order valence-corrected chi connectivity index (χ4v) is 1.05. The van der Waals surface area contributed by atoms with Crippen molar-refractivity contribution in [3.63, 3.8) is 0 Å². The van der Waals surface area contributed by atoms with Crippen molar-refractivity contribution < 1.29 is 5.11 Å². The minimum atomic E-state index is -0.0547. The van der Waals surface area contributed by atoms with Gasteiger partial charge in [0.15, 0.2) is 0 Å². The van der Waals surface area contributed by atoms with E-state index in [-0.39, 0.29) is 6.10 Å². The van der Waals surface area contributed by atoms with Crippen LogP contribution >= 0.6 is 0 Å². The molecule has 70 valence electrons. The van der Waals surface area contributed by atoms with Crippen molar-refractivity contribution in [3.05, 3.63) is 0 Å². The van der Waals surface area contributed by atoms with E-state index in [1.54, 1.807) is 0 Å². The number of rotatable bonds is 1. The molecular formula is C11H20O. The third-order valence-electron chi connectivity index (χ3n) is 1.79. The SMILES string of the molecule is CC.CCCC#CC1CC(O)C1. The first kappa shape index (κ1) is 11.5. The number of aliphatic hydroxyl groups is 1. The highest BCUT2D eigenvalue weighted by molar-refractivity contribution is 5.08. The molecule has 0 aromatic carbocycles. The maximum atomic E-state index is 8.91. The smallest absolute Gasteiger partial charge is 0.0563 e. The summed E-state index contributed by atoms with van der Waals surface area (Å²) in [4.78, 5) is 0. The van der Waals surface area contributed by atoms with Crippen molar-refractivity contribution in [2.24, 2.45) is 5.92 Å². The van der Waals surface area contributed by atoms with Gasteiger partial charge < -0.3 is 5.11 Å². The predicted octanol–water partition coefficient (Wildman–Crippen LogP) is 2.59. The van der Waals surface area contributed by atoms with Crippen LogP contribution in [0.5, 0.6) is 0 Å². The molecule has 1 saturated carbocycles. The zero-order valence-electron chi connectivity index (χ0n) is 8.43. The van der Waals surface area contributed by atoms with Crippen LogP contribution in [0.1, 0.15) is 46.5 Å². The fourth-order valence-electron chi connectivity index (χ4n) is 1.05. The minimum absolute atomic E-state index is 0.0547. The molecule has 0 unspecified atom stereocenters. The van der Waals surface area contributed by atoms with Crippen LogP contribution in [0.25, 0.3) is 0 Å². The molecule has 0 radical (unpaired) electrons. The highest BCUT2D eigenvalue weighted by atomic mass is 16.3. The van der Waals surface area contributed by atoms with Gasteiger partial charge in [0.2, 0.25) is 0 Å². The molecule has 0 amide bonds. The second kappa shape index (κ2) is 7.18. The second-order valence-corrected chi connectivity index (χ2v) is 2.89. The van der Waals surface area contributed by atoms with Gasteiger partial charge in [-0.25, -0.2) is 0 Å². The van der Waals surface area contributed by atoms with Crippen LogP contribution in [0.3, 0.4) is 0 Å². The summed E-state index contributed by atoms with van der Waals surface area (Å²) in [7, 11) is 0. The maximum Gasteiger partial charge on any atom is 0.0563 e. The Balaban J connectivity index is 0.000000561. The van der Waals surface area contributed by atoms with Gasteiger partial charge in [-0.1, -0.05) is 26.7 Å². The van der Waals surface area contributed by atoms with Gasteiger partial charge in [-0.15, -0.1) is 5.92 Å². The van der Waals surface area contributed by atoms with E-state index in [2.05, 4.69) is 18.8 Å². The van der Waals surface area contributed by atoms with Crippen LogP contribution in [0.4, 0.5) is 0 Å². The van der Waals surface area contributed by atoms with Crippen LogP contribution in [0.15, 0.2) is 0 Å². The Morgan fingerprint density at radius 1 is 1.33 bits per heavy atom. The first-order valence-electron chi connectivity index (χ1n) is 4.99. The molecular weight excluding hydrogens is 148 g/mol. The summed E-state index contributed by atoms with van der Waals surface area (Å²) in [5, 5.41) is 8.91. The molecule has 1 heteroatoms. The molecule has 0 aliphatic heterocycles. The molecule has 0 aromatic rings. The van der Waals surface area contributed by atoms with Gasteiger partial charge in [0, 0.05) is 12.3 Å². The van der Waals surface area contributed by atoms with Crippen molar-refractivity contribution in [1.82, 2.24) is 0 Å². The van der Waals surface area contributed by atoms with Crippen LogP contribution < -0.4 is 0 Å². The zero-order chi connectivity index (χ0) is 9.40. The summed E-state index contributed by atoms with van der Waals surface area (Å²) >= 11 is 0. The zero-order valence-corrected chi connectivity index (χ0v) is 8.43. The molecule has 0 bridgehead atoms. The molecule has 1 fully saturated rings. The van der Waals surface area contributed by atoms with E-state index in [1.807, 2.05) is 13.8 Å². The summed E-state index contributed by atoms with van der Waals surface area (Å²) in [6, 6.07) is 0. The van der Waals surface area contributed by atoms with Crippen molar-refractivity contribution in [1.29, 1.82) is 0 Å². The lowest BCUT2D eigenvalue weighted by Gasteiger charge is -2.26. The molecule has 0 atom stereocenters. The predicted molar refractivity (Wildman–Crippen MR) is 52.8 cm³/mol. The second-order valence-electron chi connectivity index (χ2n) is 2.89. The molecule has 12 heavy (non-hydrogen) atoms. The lowest BCUT2D eigenvalue weighted by Crippen LogP contribution is -2.26. The summed E-state index contributed by atoms with van der Waals surface area (Å²) in [6.07, 6.45) is 3.89. The van der Waals surface area contributed by atoms with Gasteiger partial charge >= 0.3 is 0 Å². The fraction of sp³-hybridized carbons (Fsp3) is 0.818. The topological polar surface area (TPSA) is 20.2 Å². The van der Waals surface area contributed by atoms with E-state index >= 15 is 0 Å². The van der Waals surface area contributed by atoms with Gasteiger partial charge in [-0.3, -0.25) is 0 Å². The lowest BCUT2D eigenvalue weighted by molar-refractivity contribution is 0.0665. The molecule has 1 rings (SSSR count). The quantitative estimate of drug-likeness (QED) is 0.597. The average Bonchev–Trinajstić information content (AvgIpc) is 2.05. The average molecular weight is 168 g/mol. The molecule has 1 aliphatic carbocycles. The minimum Gasteiger partial charge on any atom is -0.393 e. The van der Waals surface area contributed by atoms with Crippen LogP contribution in [-0.4, -0.2) is 11.2 Å². The number of unbranched alkanes of at least 4 members (excludes halogenated alkanes) is 1. The number of aliphatic hydroxyl groups excluding tert-OH is 1. The van der Waals surface area contributed by atoms with Crippen molar-refractivity contribution >= 4 is 0 Å². The normalized spacial score (nSPS) is 25.7. The molecule has 0 saturated heterocycles. The molecule has 0 spiro atoms. The standard InChI is InChI=1S/C9H14O.C2H6/c1-2-3-4-5-8-6-9(10)7-8;1-2/h8-10H,2-3,6-7H2,1H3;1-2H3. The maximum absolute atomic E-state index is 8.91. The monoisotopic (exact) mass is 168 g/mol. The van der Waals surface area contributed by atoms with Crippen LogP contribution in [0, 0.1) is 17.8 Å². The summed E-state index contributed by atoms with van der Waals surface area (Å²) < 4.78 is 0. The third kappa shape index (κ3) is 4.41. The Labute approximate surface area is 76.2 Å². The molecule has 0 aromatic heterocycles. The first-order chi connectivity index (χ1) is 5.83. The number of hydrogen-bond donors (Lipinski definition) is 1. The van der Waals surface area contributed by atoms with E-state index in [0.29, 0.717) is 5.92 Å². The van der Waals surface area contributed by atoms with Crippen LogP contribution in [0.2, 0.25) is 0 Å². The number of hydrogen-bond acceptors (Lipinski definition) is 1. The Morgan fingerprint density at radius 3 is 2.33 bits per heavy atom. The van der Waals surface area contributed by atoms with E-state index in [1.165, 1.54) is 0 Å². The van der Waals surface area contributed by atoms with Gasteiger partial charge in [-0.05, 0) is 19.3 Å². The van der Waals surface area contributed by atoms with E-state index < -0.39 is 0 Å². The molecule has 0 heterocycles. The van der Waals surface area contributed by atoms with E-state index in [9.17, 15) is 0 Å². The van der Waals surface area contributed by atoms with Crippen molar-refractivity contribution in [2.45, 2.75) is 52.6 Å². The molecule has 1 N–H and O–H groups in total. The van der Waals surface area contributed by atoms with Crippen molar-refractivity contribution in [3.8, 4) is 11.8 Å². The van der Waals surface area contributed by atoms with Crippen LogP contribution in [-0.2, 0) is 0 Å². The van der Waals surface area contributed by atoms with Gasteiger partial charge in [0.1, 0.15) is 0 Å². The molecule has 1 aliphatic rings. The highest BCUT2D eigenvalue weighted by Crippen LogP contribution is 2.25. The summed E-state index contributed by atoms with van der Waals surface area (Å²) in [5.74, 6) is 6.74. The summed E-state index contributed by atoms with van der Waals surface area (Å²) in [6.45, 7) is 6.13. The van der Waals surface area contributed by atoms with Gasteiger partial charge in [0.25, 0.3) is 0 Å². The third-order valence-corrected chi connectivity index (χ3v) is 1.79. The van der Waals surface area contributed by atoms with E-state index in [4.69, 9.17) is 5.11 Å². The van der Waals surface area contributed by atoms with E-state index in [0.717, 1.165) is 25.7 Å². The Hall–Kier alpha value is -0.480. The van der Waals surface area contributed by atoms with Gasteiger partial charge in [0.05, 0.1) is 6.10 Å². The Bertz CT molecular complexity index is 146. The Morgan fingerprint density at radius 2 is 1.92 bits per heavy atom. The lowest BCUT2D eigenvalue weighted by atomic mass is 9.83. The van der Waals surface area contributed by atoms with Crippen molar-refractivity contribution in [2.75, 3.05) is 0 Å². The molecule has 1 nitrogen and oxygen atoms in total. The summed E-state index contributed by atoms with van der Waals surface area (Å²) in [5.41, 5.74) is 0. The highest BCUT2D eigenvalue weighted by Gasteiger charge is 2.24. The van der Waals surface area contributed by atoms with Gasteiger partial charge in [-0.2, -0.15) is 0 Å².